The van der Waals surface area contributed by atoms with Crippen LogP contribution in [-0.2, 0) is 0 Å². The van der Waals surface area contributed by atoms with E-state index in [4.69, 9.17) is 9.97 Å². The van der Waals surface area contributed by atoms with Crippen LogP contribution in [-0.4, -0.2) is 53.1 Å². The van der Waals surface area contributed by atoms with Gasteiger partial charge in [-0.1, -0.05) is 0 Å². The van der Waals surface area contributed by atoms with Gasteiger partial charge in [-0.3, -0.25) is 0 Å². The number of piperazine rings is 1. The van der Waals surface area contributed by atoms with Crippen LogP contribution in [0.5, 0.6) is 0 Å². The maximum absolute atomic E-state index is 4.95. The molecule has 0 N–H and O–H groups in total. The van der Waals surface area contributed by atoms with Crippen molar-refractivity contribution in [3.63, 3.8) is 0 Å². The Morgan fingerprint density at radius 1 is 1.08 bits per heavy atom. The van der Waals surface area contributed by atoms with Crippen molar-refractivity contribution in [1.29, 1.82) is 0 Å². The molecule has 130 valence electrons. The molecule has 0 aromatic carbocycles. The van der Waals surface area contributed by atoms with Crippen molar-refractivity contribution >= 4 is 28.6 Å². The standard InChI is InChI=1S/C18H21N5S2/c1-12-13(2)25-17(20-12)16-15(14-4-9-24-11-14)10-19-18(21-16)23-7-5-22(3)6-8-23/h4,9-11H,5-8H2,1-3H3. The monoisotopic (exact) mass is 371 g/mol. The highest BCUT2D eigenvalue weighted by Gasteiger charge is 2.21. The summed E-state index contributed by atoms with van der Waals surface area (Å²) in [5.41, 5.74) is 4.25. The summed E-state index contributed by atoms with van der Waals surface area (Å²) in [7, 11) is 2.16. The van der Waals surface area contributed by atoms with Crippen LogP contribution in [0.25, 0.3) is 21.8 Å². The first-order valence-corrected chi connectivity index (χ1v) is 10.2. The van der Waals surface area contributed by atoms with E-state index in [2.05, 4.69) is 52.5 Å². The number of thiophene rings is 1. The molecule has 3 aromatic heterocycles. The maximum atomic E-state index is 4.95. The number of aryl methyl sites for hydroxylation is 2. The lowest BCUT2D eigenvalue weighted by Gasteiger charge is -2.32. The number of rotatable bonds is 3. The van der Waals surface area contributed by atoms with Crippen LogP contribution >= 0.6 is 22.7 Å². The minimum Gasteiger partial charge on any atom is -0.338 e. The largest absolute Gasteiger partial charge is 0.338 e. The van der Waals surface area contributed by atoms with Gasteiger partial charge in [-0.25, -0.2) is 15.0 Å². The Kier molecular flexibility index (Phi) is 4.54. The van der Waals surface area contributed by atoms with E-state index < -0.39 is 0 Å². The van der Waals surface area contributed by atoms with Crippen molar-refractivity contribution in [2.75, 3.05) is 38.1 Å². The lowest BCUT2D eigenvalue weighted by atomic mass is 10.1. The van der Waals surface area contributed by atoms with E-state index in [0.29, 0.717) is 0 Å². The molecule has 4 heterocycles. The van der Waals surface area contributed by atoms with Crippen LogP contribution < -0.4 is 4.90 Å². The topological polar surface area (TPSA) is 45.2 Å². The van der Waals surface area contributed by atoms with Gasteiger partial charge < -0.3 is 9.80 Å². The molecule has 5 nitrogen and oxygen atoms in total. The first-order valence-electron chi connectivity index (χ1n) is 8.39. The molecule has 0 aliphatic carbocycles. The first kappa shape index (κ1) is 16.6. The zero-order valence-electron chi connectivity index (χ0n) is 14.7. The normalized spacial score (nSPS) is 15.7. The average molecular weight is 372 g/mol. The van der Waals surface area contributed by atoms with E-state index in [0.717, 1.165) is 59.6 Å². The van der Waals surface area contributed by atoms with E-state index in [1.54, 1.807) is 22.7 Å². The van der Waals surface area contributed by atoms with Crippen molar-refractivity contribution in [1.82, 2.24) is 19.9 Å². The molecule has 1 aliphatic rings. The van der Waals surface area contributed by atoms with Crippen LogP contribution in [0.3, 0.4) is 0 Å². The maximum Gasteiger partial charge on any atom is 0.226 e. The molecule has 25 heavy (non-hydrogen) atoms. The number of nitrogens with zero attached hydrogens (tertiary/aromatic N) is 5. The first-order chi connectivity index (χ1) is 12.1. The fraction of sp³-hybridized carbons (Fsp3) is 0.389. The molecule has 0 saturated carbocycles. The van der Waals surface area contributed by atoms with Gasteiger partial charge in [-0.2, -0.15) is 11.3 Å². The van der Waals surface area contributed by atoms with E-state index >= 15 is 0 Å². The predicted octanol–water partition coefficient (Wildman–Crippen LogP) is 3.70. The van der Waals surface area contributed by atoms with Gasteiger partial charge in [-0.15, -0.1) is 11.3 Å². The number of hydrogen-bond acceptors (Lipinski definition) is 7. The molecule has 0 radical (unpaired) electrons. The fourth-order valence-electron chi connectivity index (χ4n) is 2.90. The van der Waals surface area contributed by atoms with E-state index in [1.807, 2.05) is 6.20 Å². The van der Waals surface area contributed by atoms with Crippen LogP contribution in [0, 0.1) is 13.8 Å². The zero-order chi connectivity index (χ0) is 17.4. The van der Waals surface area contributed by atoms with Crippen molar-refractivity contribution < 1.29 is 0 Å². The molecule has 0 unspecified atom stereocenters. The van der Waals surface area contributed by atoms with Crippen LogP contribution in [0.4, 0.5) is 5.95 Å². The Labute approximate surface area is 156 Å². The Morgan fingerprint density at radius 3 is 2.52 bits per heavy atom. The summed E-state index contributed by atoms with van der Waals surface area (Å²) in [4.78, 5) is 20.2. The predicted molar refractivity (Wildman–Crippen MR) is 106 cm³/mol. The summed E-state index contributed by atoms with van der Waals surface area (Å²) in [6, 6.07) is 2.12. The van der Waals surface area contributed by atoms with Gasteiger partial charge in [0.25, 0.3) is 0 Å². The number of anilines is 1. The molecule has 0 spiro atoms. The molecule has 1 aliphatic heterocycles. The van der Waals surface area contributed by atoms with Gasteiger partial charge in [0.15, 0.2) is 0 Å². The van der Waals surface area contributed by atoms with E-state index in [9.17, 15) is 0 Å². The summed E-state index contributed by atoms with van der Waals surface area (Å²) in [6.07, 6.45) is 1.96. The number of hydrogen-bond donors (Lipinski definition) is 0. The second-order valence-corrected chi connectivity index (χ2v) is 8.38. The third-order valence-electron chi connectivity index (χ3n) is 4.63. The van der Waals surface area contributed by atoms with Crippen LogP contribution in [0.1, 0.15) is 10.6 Å². The molecule has 1 fully saturated rings. The highest BCUT2D eigenvalue weighted by Crippen LogP contribution is 2.35. The summed E-state index contributed by atoms with van der Waals surface area (Å²) < 4.78 is 0. The molecule has 4 rings (SSSR count). The quantitative estimate of drug-likeness (QED) is 0.702. The number of likely N-dealkylation sites (N-methyl/N-ethyl adjacent to an activating group) is 1. The lowest BCUT2D eigenvalue weighted by Crippen LogP contribution is -2.45. The van der Waals surface area contributed by atoms with Gasteiger partial charge in [0.05, 0.1) is 5.69 Å². The fourth-order valence-corrected chi connectivity index (χ4v) is 4.47. The molecule has 1 saturated heterocycles. The second-order valence-electron chi connectivity index (χ2n) is 6.40. The van der Waals surface area contributed by atoms with Crippen molar-refractivity contribution in [3.05, 3.63) is 33.6 Å². The van der Waals surface area contributed by atoms with Gasteiger partial charge in [0, 0.05) is 42.8 Å². The molecular weight excluding hydrogens is 350 g/mol. The second kappa shape index (κ2) is 6.82. The van der Waals surface area contributed by atoms with E-state index in [1.165, 1.54) is 4.88 Å². The molecule has 0 bridgehead atoms. The molecule has 0 atom stereocenters. The highest BCUT2D eigenvalue weighted by molar-refractivity contribution is 7.15. The summed E-state index contributed by atoms with van der Waals surface area (Å²) in [5, 5.41) is 5.21. The SMILES string of the molecule is Cc1nc(-c2nc(N3CCN(C)CC3)ncc2-c2ccsc2)sc1C. The van der Waals surface area contributed by atoms with Crippen molar-refractivity contribution in [3.8, 4) is 21.8 Å². The Balaban J connectivity index is 1.78. The molecule has 3 aromatic rings. The summed E-state index contributed by atoms with van der Waals surface area (Å²) in [5.74, 6) is 0.813. The van der Waals surface area contributed by atoms with Crippen LogP contribution in [0.15, 0.2) is 23.0 Å². The molecular formula is C18H21N5S2. The Hall–Kier alpha value is -1.83. The van der Waals surface area contributed by atoms with Crippen molar-refractivity contribution in [2.24, 2.45) is 0 Å². The van der Waals surface area contributed by atoms with Crippen molar-refractivity contribution in [2.45, 2.75) is 13.8 Å². The number of aromatic nitrogens is 3. The Bertz CT molecular complexity index is 844. The third kappa shape index (κ3) is 3.31. The molecule has 0 amide bonds. The van der Waals surface area contributed by atoms with Gasteiger partial charge >= 0.3 is 0 Å². The molecule has 7 heteroatoms. The van der Waals surface area contributed by atoms with E-state index in [-0.39, 0.29) is 0 Å². The van der Waals surface area contributed by atoms with Gasteiger partial charge in [0.1, 0.15) is 10.7 Å². The number of thiazole rings is 1. The van der Waals surface area contributed by atoms with Crippen LogP contribution in [0.2, 0.25) is 0 Å². The highest BCUT2D eigenvalue weighted by atomic mass is 32.1. The third-order valence-corrected chi connectivity index (χ3v) is 6.39. The van der Waals surface area contributed by atoms with Gasteiger partial charge in [-0.05, 0) is 43.3 Å². The zero-order valence-corrected chi connectivity index (χ0v) is 16.3. The summed E-state index contributed by atoms with van der Waals surface area (Å²) >= 11 is 3.40. The van der Waals surface area contributed by atoms with Gasteiger partial charge in [0.2, 0.25) is 5.95 Å². The Morgan fingerprint density at radius 2 is 1.88 bits per heavy atom. The average Bonchev–Trinajstić information content (AvgIpc) is 3.26. The smallest absolute Gasteiger partial charge is 0.226 e. The summed E-state index contributed by atoms with van der Waals surface area (Å²) in [6.45, 7) is 8.18. The minimum atomic E-state index is 0.813. The minimum absolute atomic E-state index is 0.813. The lowest BCUT2D eigenvalue weighted by molar-refractivity contribution is 0.311.